The molecule has 4 rings (SSSR count). The summed E-state index contributed by atoms with van der Waals surface area (Å²) in [7, 11) is 0. The fourth-order valence-corrected chi connectivity index (χ4v) is 3.71. The van der Waals surface area contributed by atoms with E-state index in [9.17, 15) is 4.79 Å². The Balaban J connectivity index is 1.86. The van der Waals surface area contributed by atoms with Gasteiger partial charge in [0, 0.05) is 30.2 Å². The lowest BCUT2D eigenvalue weighted by molar-refractivity contribution is 0.0720. The number of nitrogens with zero attached hydrogens (tertiary/aromatic N) is 3. The number of hydrogen-bond acceptors (Lipinski definition) is 3. The third-order valence-electron chi connectivity index (χ3n) is 4.17. The molecule has 1 fully saturated rings. The van der Waals surface area contributed by atoms with Gasteiger partial charge in [-0.3, -0.25) is 9.20 Å². The number of hydrogen-bond donors (Lipinski definition) is 0. The van der Waals surface area contributed by atoms with E-state index >= 15 is 0 Å². The van der Waals surface area contributed by atoms with E-state index in [0.717, 1.165) is 42.8 Å². The molecule has 0 radical (unpaired) electrons. The zero-order chi connectivity index (χ0) is 14.9. The molecule has 0 saturated carbocycles. The Morgan fingerprint density at radius 1 is 1.14 bits per heavy atom. The highest BCUT2D eigenvalue weighted by Gasteiger charge is 2.25. The monoisotopic (exact) mass is 311 g/mol. The maximum atomic E-state index is 12.9. The van der Waals surface area contributed by atoms with Crippen LogP contribution in [0.15, 0.2) is 41.2 Å². The SMILES string of the molecule is O=C(c1nc2ccccn2c1-c1ccsc1)N1CCCCC1. The number of pyridine rings is 1. The summed E-state index contributed by atoms with van der Waals surface area (Å²) in [5.41, 5.74) is 3.37. The lowest BCUT2D eigenvalue weighted by Crippen LogP contribution is -2.36. The minimum Gasteiger partial charge on any atom is -0.337 e. The van der Waals surface area contributed by atoms with E-state index in [4.69, 9.17) is 0 Å². The summed E-state index contributed by atoms with van der Waals surface area (Å²) < 4.78 is 2.01. The largest absolute Gasteiger partial charge is 0.337 e. The second kappa shape index (κ2) is 5.57. The molecule has 5 heteroatoms. The molecule has 1 aliphatic heterocycles. The van der Waals surface area contributed by atoms with E-state index in [0.29, 0.717) is 5.69 Å². The van der Waals surface area contributed by atoms with Gasteiger partial charge in [-0.25, -0.2) is 4.98 Å². The Kier molecular flexibility index (Phi) is 3.42. The molecular formula is C17H17N3OS. The average molecular weight is 311 g/mol. The summed E-state index contributed by atoms with van der Waals surface area (Å²) in [5.74, 6) is 0.0598. The fourth-order valence-electron chi connectivity index (χ4n) is 3.07. The summed E-state index contributed by atoms with van der Waals surface area (Å²) in [6.45, 7) is 1.69. The van der Waals surface area contributed by atoms with Crippen LogP contribution in [0.3, 0.4) is 0 Å². The maximum Gasteiger partial charge on any atom is 0.274 e. The van der Waals surface area contributed by atoms with Gasteiger partial charge < -0.3 is 4.90 Å². The van der Waals surface area contributed by atoms with Crippen molar-refractivity contribution < 1.29 is 4.79 Å². The van der Waals surface area contributed by atoms with E-state index in [1.807, 2.05) is 45.1 Å². The molecule has 1 saturated heterocycles. The molecule has 22 heavy (non-hydrogen) atoms. The van der Waals surface area contributed by atoms with Crippen molar-refractivity contribution in [3.05, 3.63) is 46.9 Å². The lowest BCUT2D eigenvalue weighted by Gasteiger charge is -2.26. The van der Waals surface area contributed by atoms with Crippen molar-refractivity contribution in [1.82, 2.24) is 14.3 Å². The number of thiophene rings is 1. The minimum atomic E-state index is 0.0598. The van der Waals surface area contributed by atoms with Crippen LogP contribution in [0.4, 0.5) is 0 Å². The van der Waals surface area contributed by atoms with Gasteiger partial charge in [0.05, 0.1) is 5.69 Å². The number of rotatable bonds is 2. The Morgan fingerprint density at radius 3 is 2.77 bits per heavy atom. The van der Waals surface area contributed by atoms with Crippen LogP contribution in [0.25, 0.3) is 16.9 Å². The summed E-state index contributed by atoms with van der Waals surface area (Å²) in [6, 6.07) is 7.92. The molecule has 112 valence electrons. The van der Waals surface area contributed by atoms with Crippen molar-refractivity contribution in [3.8, 4) is 11.3 Å². The van der Waals surface area contributed by atoms with Gasteiger partial charge in [0.15, 0.2) is 5.69 Å². The normalized spacial score (nSPS) is 15.4. The van der Waals surface area contributed by atoms with E-state index in [1.165, 1.54) is 6.42 Å². The van der Waals surface area contributed by atoms with Crippen LogP contribution in [-0.2, 0) is 0 Å². The molecule has 0 unspecified atom stereocenters. The molecule has 0 bridgehead atoms. The third-order valence-corrected chi connectivity index (χ3v) is 4.85. The first kappa shape index (κ1) is 13.5. The van der Waals surface area contributed by atoms with Crippen LogP contribution in [0, 0.1) is 0 Å². The second-order valence-electron chi connectivity index (χ2n) is 5.60. The van der Waals surface area contributed by atoms with Crippen molar-refractivity contribution in [3.63, 3.8) is 0 Å². The molecule has 0 aliphatic carbocycles. The van der Waals surface area contributed by atoms with Gasteiger partial charge in [0.25, 0.3) is 5.91 Å². The van der Waals surface area contributed by atoms with Gasteiger partial charge >= 0.3 is 0 Å². The van der Waals surface area contributed by atoms with Crippen molar-refractivity contribution in [1.29, 1.82) is 0 Å². The van der Waals surface area contributed by atoms with Crippen LogP contribution in [-0.4, -0.2) is 33.3 Å². The van der Waals surface area contributed by atoms with Crippen LogP contribution < -0.4 is 0 Å². The Hall–Kier alpha value is -2.14. The number of amides is 1. The van der Waals surface area contributed by atoms with Crippen LogP contribution in [0.5, 0.6) is 0 Å². The van der Waals surface area contributed by atoms with Gasteiger partial charge in [-0.05, 0) is 42.8 Å². The summed E-state index contributed by atoms with van der Waals surface area (Å²) in [5, 5.41) is 4.11. The van der Waals surface area contributed by atoms with Crippen molar-refractivity contribution in [2.75, 3.05) is 13.1 Å². The van der Waals surface area contributed by atoms with Gasteiger partial charge in [0.1, 0.15) is 5.65 Å². The number of imidazole rings is 1. The molecule has 0 spiro atoms. The first-order valence-corrected chi connectivity index (χ1v) is 8.58. The number of carbonyl (C=O) groups is 1. The van der Waals surface area contributed by atoms with Crippen molar-refractivity contribution in [2.45, 2.75) is 19.3 Å². The maximum absolute atomic E-state index is 12.9. The molecular weight excluding hydrogens is 294 g/mol. The summed E-state index contributed by atoms with van der Waals surface area (Å²) in [4.78, 5) is 19.5. The molecule has 3 aromatic heterocycles. The number of aromatic nitrogens is 2. The number of fused-ring (bicyclic) bond motifs is 1. The van der Waals surface area contributed by atoms with Crippen LogP contribution >= 0.6 is 11.3 Å². The first-order chi connectivity index (χ1) is 10.8. The molecule has 0 atom stereocenters. The first-order valence-electron chi connectivity index (χ1n) is 7.63. The zero-order valence-electron chi connectivity index (χ0n) is 12.2. The van der Waals surface area contributed by atoms with Crippen LogP contribution in [0.1, 0.15) is 29.8 Å². The summed E-state index contributed by atoms with van der Waals surface area (Å²) >= 11 is 1.64. The average Bonchev–Trinajstić information content (AvgIpc) is 3.21. The Morgan fingerprint density at radius 2 is 2.00 bits per heavy atom. The van der Waals surface area contributed by atoms with Gasteiger partial charge in [-0.15, -0.1) is 0 Å². The third kappa shape index (κ3) is 2.22. The van der Waals surface area contributed by atoms with Crippen LogP contribution in [0.2, 0.25) is 0 Å². The minimum absolute atomic E-state index is 0.0598. The quantitative estimate of drug-likeness (QED) is 0.724. The number of carbonyl (C=O) groups excluding carboxylic acids is 1. The van der Waals surface area contributed by atoms with Gasteiger partial charge in [0.2, 0.25) is 0 Å². The molecule has 1 amide bonds. The van der Waals surface area contributed by atoms with Crippen molar-refractivity contribution in [2.24, 2.45) is 0 Å². The highest BCUT2D eigenvalue weighted by molar-refractivity contribution is 7.08. The topological polar surface area (TPSA) is 37.6 Å². The molecule has 0 N–H and O–H groups in total. The van der Waals surface area contributed by atoms with E-state index < -0.39 is 0 Å². The van der Waals surface area contributed by atoms with E-state index in [-0.39, 0.29) is 5.91 Å². The van der Waals surface area contributed by atoms with Gasteiger partial charge in [-0.2, -0.15) is 11.3 Å². The lowest BCUT2D eigenvalue weighted by atomic mass is 10.1. The second-order valence-corrected chi connectivity index (χ2v) is 6.38. The molecule has 0 aromatic carbocycles. The highest BCUT2D eigenvalue weighted by Crippen LogP contribution is 2.28. The Labute approximate surface area is 133 Å². The molecule has 1 aliphatic rings. The van der Waals surface area contributed by atoms with E-state index in [1.54, 1.807) is 11.3 Å². The molecule has 4 heterocycles. The standard InChI is InChI=1S/C17H17N3OS/c21-17(19-8-3-1-4-9-19)15-16(13-7-11-22-12-13)20-10-5-2-6-14(20)18-15/h2,5-7,10-12H,1,3-4,8-9H2. The summed E-state index contributed by atoms with van der Waals surface area (Å²) in [6.07, 6.45) is 5.37. The molecule has 4 nitrogen and oxygen atoms in total. The van der Waals surface area contributed by atoms with Gasteiger partial charge in [-0.1, -0.05) is 6.07 Å². The Bertz CT molecular complexity index is 801. The molecule has 3 aromatic rings. The van der Waals surface area contributed by atoms with E-state index in [2.05, 4.69) is 10.4 Å². The number of piperidine rings is 1. The predicted octanol–water partition coefficient (Wildman–Crippen LogP) is 3.69. The number of likely N-dealkylation sites (tertiary alicyclic amines) is 1. The predicted molar refractivity (Wildman–Crippen MR) is 88.3 cm³/mol. The smallest absolute Gasteiger partial charge is 0.274 e. The zero-order valence-corrected chi connectivity index (χ0v) is 13.1. The fraction of sp³-hybridized carbons (Fsp3) is 0.294. The highest BCUT2D eigenvalue weighted by atomic mass is 32.1. The van der Waals surface area contributed by atoms with Crippen molar-refractivity contribution >= 4 is 22.9 Å².